The zero-order valence-corrected chi connectivity index (χ0v) is 14.6. The van der Waals surface area contributed by atoms with Gasteiger partial charge in [-0.05, 0) is 18.2 Å². The Morgan fingerprint density at radius 1 is 0.923 bits per heavy atom. The molecule has 0 atom stereocenters. The number of primary amides is 1. The van der Waals surface area contributed by atoms with Crippen molar-refractivity contribution in [3.63, 3.8) is 0 Å². The number of rotatable bonds is 6. The molecule has 3 rings (SSSR count). The van der Waals surface area contributed by atoms with Crippen LogP contribution in [0.3, 0.4) is 0 Å². The van der Waals surface area contributed by atoms with Gasteiger partial charge in [0.25, 0.3) is 5.91 Å². The first-order chi connectivity index (χ1) is 12.6. The highest BCUT2D eigenvalue weighted by Gasteiger charge is 2.24. The van der Waals surface area contributed by atoms with Crippen molar-refractivity contribution in [2.75, 3.05) is 32.7 Å². The second-order valence-corrected chi connectivity index (χ2v) is 6.29. The van der Waals surface area contributed by atoms with Crippen LogP contribution in [0, 0.1) is 0 Å². The summed E-state index contributed by atoms with van der Waals surface area (Å²) < 4.78 is 5.80. The van der Waals surface area contributed by atoms with E-state index in [1.54, 1.807) is 0 Å². The fourth-order valence-corrected chi connectivity index (χ4v) is 3.03. The van der Waals surface area contributed by atoms with Crippen LogP contribution < -0.4 is 10.5 Å². The Kier molecular flexibility index (Phi) is 5.86. The molecule has 0 aliphatic carbocycles. The molecule has 0 radical (unpaired) electrons. The summed E-state index contributed by atoms with van der Waals surface area (Å²) >= 11 is 0. The second kappa shape index (κ2) is 8.49. The van der Waals surface area contributed by atoms with Gasteiger partial charge in [-0.25, -0.2) is 0 Å². The summed E-state index contributed by atoms with van der Waals surface area (Å²) in [5.41, 5.74) is 6.76. The summed E-state index contributed by atoms with van der Waals surface area (Å²) in [6, 6.07) is 17.1. The molecule has 6 heteroatoms. The van der Waals surface area contributed by atoms with Gasteiger partial charge < -0.3 is 15.4 Å². The number of para-hydroxylation sites is 1. The Morgan fingerprint density at radius 3 is 2.27 bits per heavy atom. The second-order valence-electron chi connectivity index (χ2n) is 6.29. The molecule has 0 aromatic heterocycles. The molecule has 1 aliphatic rings. The molecule has 1 aliphatic heterocycles. The molecule has 2 N–H and O–H groups in total. The van der Waals surface area contributed by atoms with E-state index in [0.717, 1.165) is 11.3 Å². The van der Waals surface area contributed by atoms with Crippen LogP contribution in [-0.4, -0.2) is 54.3 Å². The summed E-state index contributed by atoms with van der Waals surface area (Å²) in [6.45, 7) is 3.05. The molecule has 0 bridgehead atoms. The van der Waals surface area contributed by atoms with Gasteiger partial charge in [0, 0.05) is 37.3 Å². The summed E-state index contributed by atoms with van der Waals surface area (Å²) in [5, 5.41) is 0. The highest BCUT2D eigenvalue weighted by molar-refractivity contribution is 5.95. The number of nitrogens with zero attached hydrogens (tertiary/aromatic N) is 2. The Labute approximate surface area is 153 Å². The zero-order valence-electron chi connectivity index (χ0n) is 14.6. The van der Waals surface area contributed by atoms with Gasteiger partial charge in [-0.2, -0.15) is 0 Å². The maximum atomic E-state index is 12.9. The van der Waals surface area contributed by atoms with Gasteiger partial charge in [0.1, 0.15) is 12.4 Å². The van der Waals surface area contributed by atoms with Gasteiger partial charge >= 0.3 is 0 Å². The van der Waals surface area contributed by atoms with E-state index in [-0.39, 0.29) is 18.4 Å². The Bertz CT molecular complexity index is 756. The summed E-state index contributed by atoms with van der Waals surface area (Å²) in [4.78, 5) is 27.7. The SMILES string of the molecule is NC(=O)CN1CCN(C(=O)c2ccccc2COc2ccccc2)CC1. The lowest BCUT2D eigenvalue weighted by Crippen LogP contribution is -2.50. The highest BCUT2D eigenvalue weighted by Crippen LogP contribution is 2.17. The van der Waals surface area contributed by atoms with Crippen LogP contribution in [0.5, 0.6) is 5.75 Å². The number of piperazine rings is 1. The van der Waals surface area contributed by atoms with Crippen molar-refractivity contribution >= 4 is 11.8 Å². The predicted octanol–water partition coefficient (Wildman–Crippen LogP) is 1.51. The van der Waals surface area contributed by atoms with Crippen molar-refractivity contribution in [1.29, 1.82) is 0 Å². The van der Waals surface area contributed by atoms with Gasteiger partial charge in [0.15, 0.2) is 0 Å². The van der Waals surface area contributed by atoms with Crippen molar-refractivity contribution in [3.05, 3.63) is 65.7 Å². The van der Waals surface area contributed by atoms with Crippen LogP contribution in [0.4, 0.5) is 0 Å². The molecule has 26 heavy (non-hydrogen) atoms. The first-order valence-electron chi connectivity index (χ1n) is 8.69. The Hall–Kier alpha value is -2.86. The molecule has 6 nitrogen and oxygen atoms in total. The van der Waals surface area contributed by atoms with Crippen molar-refractivity contribution < 1.29 is 14.3 Å². The molecule has 1 saturated heterocycles. The maximum Gasteiger partial charge on any atom is 0.254 e. The van der Waals surface area contributed by atoms with Crippen molar-refractivity contribution in [2.24, 2.45) is 5.73 Å². The third-order valence-corrected chi connectivity index (χ3v) is 4.42. The molecule has 1 heterocycles. The molecule has 0 spiro atoms. The van der Waals surface area contributed by atoms with Crippen molar-refractivity contribution in [1.82, 2.24) is 9.80 Å². The van der Waals surface area contributed by atoms with E-state index in [2.05, 4.69) is 0 Å². The first kappa shape index (κ1) is 17.9. The summed E-state index contributed by atoms with van der Waals surface area (Å²) in [6.07, 6.45) is 0. The smallest absolute Gasteiger partial charge is 0.254 e. The lowest BCUT2D eigenvalue weighted by atomic mass is 10.1. The minimum absolute atomic E-state index is 0.00372. The molecule has 0 unspecified atom stereocenters. The van der Waals surface area contributed by atoms with Gasteiger partial charge in [0.2, 0.25) is 5.91 Å². The van der Waals surface area contributed by atoms with Crippen LogP contribution >= 0.6 is 0 Å². The number of carbonyl (C=O) groups excluding carboxylic acids is 2. The monoisotopic (exact) mass is 353 g/mol. The number of hydrogen-bond donors (Lipinski definition) is 1. The third kappa shape index (κ3) is 4.61. The topological polar surface area (TPSA) is 75.9 Å². The van der Waals surface area contributed by atoms with E-state index >= 15 is 0 Å². The van der Waals surface area contributed by atoms with Gasteiger partial charge in [-0.3, -0.25) is 14.5 Å². The molecule has 0 saturated carbocycles. The number of benzene rings is 2. The quantitative estimate of drug-likeness (QED) is 0.854. The number of carbonyl (C=O) groups is 2. The first-order valence-corrected chi connectivity index (χ1v) is 8.69. The van der Waals surface area contributed by atoms with Gasteiger partial charge in [-0.1, -0.05) is 36.4 Å². The fraction of sp³-hybridized carbons (Fsp3) is 0.300. The number of hydrogen-bond acceptors (Lipinski definition) is 4. The molecular weight excluding hydrogens is 330 g/mol. The van der Waals surface area contributed by atoms with Crippen LogP contribution in [0.15, 0.2) is 54.6 Å². The highest BCUT2D eigenvalue weighted by atomic mass is 16.5. The average molecular weight is 353 g/mol. The van der Waals surface area contributed by atoms with E-state index in [0.29, 0.717) is 38.3 Å². The van der Waals surface area contributed by atoms with E-state index in [9.17, 15) is 9.59 Å². The average Bonchev–Trinajstić information content (AvgIpc) is 2.67. The van der Waals surface area contributed by atoms with Crippen molar-refractivity contribution in [3.8, 4) is 5.75 Å². The van der Waals surface area contributed by atoms with E-state index < -0.39 is 0 Å². The van der Waals surface area contributed by atoms with Crippen LogP contribution in [-0.2, 0) is 11.4 Å². The van der Waals surface area contributed by atoms with E-state index in [1.807, 2.05) is 64.4 Å². The number of ether oxygens (including phenoxy) is 1. The van der Waals surface area contributed by atoms with Gasteiger partial charge in [-0.15, -0.1) is 0 Å². The summed E-state index contributed by atoms with van der Waals surface area (Å²) in [5.74, 6) is 0.430. The molecular formula is C20H23N3O3. The number of nitrogens with two attached hydrogens (primary N) is 1. The van der Waals surface area contributed by atoms with Crippen molar-refractivity contribution in [2.45, 2.75) is 6.61 Å². The third-order valence-electron chi connectivity index (χ3n) is 4.42. The molecule has 2 aromatic carbocycles. The van der Waals surface area contributed by atoms with E-state index in [4.69, 9.17) is 10.5 Å². The minimum Gasteiger partial charge on any atom is -0.489 e. The van der Waals surface area contributed by atoms with Crippen LogP contribution in [0.25, 0.3) is 0 Å². The standard InChI is InChI=1S/C20H23N3O3/c21-19(24)14-22-10-12-23(13-11-22)20(25)18-9-5-4-6-16(18)15-26-17-7-2-1-3-8-17/h1-9H,10-15H2,(H2,21,24). The largest absolute Gasteiger partial charge is 0.489 e. The molecule has 136 valence electrons. The predicted molar refractivity (Wildman–Crippen MR) is 98.8 cm³/mol. The Balaban J connectivity index is 1.64. The summed E-state index contributed by atoms with van der Waals surface area (Å²) in [7, 11) is 0. The molecule has 2 amide bonds. The van der Waals surface area contributed by atoms with Crippen LogP contribution in [0.2, 0.25) is 0 Å². The van der Waals surface area contributed by atoms with E-state index in [1.165, 1.54) is 0 Å². The minimum atomic E-state index is -0.340. The number of amides is 2. The van der Waals surface area contributed by atoms with Gasteiger partial charge in [0.05, 0.1) is 6.54 Å². The lowest BCUT2D eigenvalue weighted by Gasteiger charge is -2.34. The molecule has 2 aromatic rings. The Morgan fingerprint density at radius 2 is 1.58 bits per heavy atom. The lowest BCUT2D eigenvalue weighted by molar-refractivity contribution is -0.119. The normalized spacial score (nSPS) is 14.8. The molecule has 1 fully saturated rings. The maximum absolute atomic E-state index is 12.9. The zero-order chi connectivity index (χ0) is 18.4. The van der Waals surface area contributed by atoms with Crippen LogP contribution in [0.1, 0.15) is 15.9 Å². The fourth-order valence-electron chi connectivity index (χ4n) is 3.03.